The molecule has 0 unspecified atom stereocenters. The van der Waals surface area contributed by atoms with Crippen LogP contribution in [0.1, 0.15) is 44.9 Å². The molecule has 0 saturated heterocycles. The van der Waals surface area contributed by atoms with E-state index in [0.29, 0.717) is 5.41 Å². The minimum absolute atomic E-state index is 0.331. The Labute approximate surface area is 78.8 Å². The molecule has 0 amide bonds. The number of thiazole rings is 1. The Balaban J connectivity index is 2.59. The molecule has 1 nitrogen and oxygen atoms in total. The molecule has 12 heavy (non-hydrogen) atoms. The Kier molecular flexibility index (Phi) is 3.27. The standard InChI is InChI=1S/C10H17NS/c1-4-5-6-10(2,3)9-7-11-8-12-9/h7-8H,4-6H2,1-3H3. The van der Waals surface area contributed by atoms with Crippen molar-refractivity contribution >= 4 is 11.3 Å². The van der Waals surface area contributed by atoms with Crippen molar-refractivity contribution in [3.8, 4) is 0 Å². The Morgan fingerprint density at radius 2 is 2.25 bits per heavy atom. The molecule has 1 aromatic rings. The number of aromatic nitrogens is 1. The van der Waals surface area contributed by atoms with Gasteiger partial charge in [0.25, 0.3) is 0 Å². The van der Waals surface area contributed by atoms with Crippen LogP contribution in [0.4, 0.5) is 0 Å². The Bertz CT molecular complexity index is 214. The minimum Gasteiger partial charge on any atom is -0.253 e. The predicted octanol–water partition coefficient (Wildman–Crippen LogP) is 3.61. The smallest absolute Gasteiger partial charge is 0.0794 e. The second kappa shape index (κ2) is 4.04. The molecule has 0 radical (unpaired) electrons. The quantitative estimate of drug-likeness (QED) is 0.695. The summed E-state index contributed by atoms with van der Waals surface area (Å²) < 4.78 is 0. The third kappa shape index (κ3) is 2.31. The van der Waals surface area contributed by atoms with Crippen molar-refractivity contribution in [1.82, 2.24) is 4.98 Å². The van der Waals surface area contributed by atoms with E-state index in [1.807, 2.05) is 11.7 Å². The molecule has 0 atom stereocenters. The van der Waals surface area contributed by atoms with Gasteiger partial charge in [-0.25, -0.2) is 0 Å². The molecule has 0 aromatic carbocycles. The van der Waals surface area contributed by atoms with Crippen molar-refractivity contribution in [2.45, 2.75) is 45.4 Å². The average Bonchev–Trinajstić information content (AvgIpc) is 2.53. The monoisotopic (exact) mass is 183 g/mol. The zero-order chi connectivity index (χ0) is 9.03. The van der Waals surface area contributed by atoms with Crippen molar-refractivity contribution in [1.29, 1.82) is 0 Å². The highest BCUT2D eigenvalue weighted by molar-refractivity contribution is 7.09. The fraction of sp³-hybridized carbons (Fsp3) is 0.700. The van der Waals surface area contributed by atoms with Crippen LogP contribution in [0.2, 0.25) is 0 Å². The number of rotatable bonds is 4. The fourth-order valence-electron chi connectivity index (χ4n) is 1.29. The highest BCUT2D eigenvalue weighted by Gasteiger charge is 2.20. The third-order valence-corrected chi connectivity index (χ3v) is 3.39. The maximum Gasteiger partial charge on any atom is 0.0794 e. The van der Waals surface area contributed by atoms with Crippen LogP contribution in [-0.2, 0) is 5.41 Å². The van der Waals surface area contributed by atoms with Crippen LogP contribution in [0.15, 0.2) is 11.7 Å². The first kappa shape index (κ1) is 9.72. The fourth-order valence-corrected chi connectivity index (χ4v) is 2.07. The summed E-state index contributed by atoms with van der Waals surface area (Å²) in [6.45, 7) is 6.84. The molecule has 1 heterocycles. The van der Waals surface area contributed by atoms with Gasteiger partial charge in [-0.3, -0.25) is 4.98 Å². The third-order valence-electron chi connectivity index (χ3n) is 2.25. The van der Waals surface area contributed by atoms with Crippen LogP contribution < -0.4 is 0 Å². The summed E-state index contributed by atoms with van der Waals surface area (Å²) in [5.74, 6) is 0. The van der Waals surface area contributed by atoms with Crippen LogP contribution in [0, 0.1) is 0 Å². The molecule has 2 heteroatoms. The lowest BCUT2D eigenvalue weighted by atomic mass is 9.86. The number of hydrogen-bond acceptors (Lipinski definition) is 2. The van der Waals surface area contributed by atoms with Crippen LogP contribution >= 0.6 is 11.3 Å². The molecule has 0 aliphatic carbocycles. The van der Waals surface area contributed by atoms with Crippen molar-refractivity contribution in [3.05, 3.63) is 16.6 Å². The lowest BCUT2D eigenvalue weighted by molar-refractivity contribution is 0.465. The molecule has 0 saturated carbocycles. The zero-order valence-electron chi connectivity index (χ0n) is 8.13. The molecular formula is C10H17NS. The normalized spacial score (nSPS) is 11.9. The summed E-state index contributed by atoms with van der Waals surface area (Å²) in [5, 5.41) is 0. The summed E-state index contributed by atoms with van der Waals surface area (Å²) in [4.78, 5) is 5.53. The predicted molar refractivity (Wildman–Crippen MR) is 54.7 cm³/mol. The molecule has 68 valence electrons. The van der Waals surface area contributed by atoms with E-state index in [9.17, 15) is 0 Å². The molecule has 1 aromatic heterocycles. The van der Waals surface area contributed by atoms with Gasteiger partial charge in [0, 0.05) is 16.5 Å². The molecule has 0 aliphatic heterocycles. The summed E-state index contributed by atoms with van der Waals surface area (Å²) >= 11 is 1.77. The van der Waals surface area contributed by atoms with Gasteiger partial charge in [0.05, 0.1) is 5.51 Å². The summed E-state index contributed by atoms with van der Waals surface area (Å²) in [7, 11) is 0. The van der Waals surface area contributed by atoms with Crippen LogP contribution in [-0.4, -0.2) is 4.98 Å². The Morgan fingerprint density at radius 3 is 2.75 bits per heavy atom. The van der Waals surface area contributed by atoms with Gasteiger partial charge in [-0.05, 0) is 6.42 Å². The molecule has 1 rings (SSSR count). The molecule has 0 N–H and O–H groups in total. The van der Waals surface area contributed by atoms with E-state index >= 15 is 0 Å². The molecular weight excluding hydrogens is 166 g/mol. The van der Waals surface area contributed by atoms with Crippen LogP contribution in [0.3, 0.4) is 0 Å². The largest absolute Gasteiger partial charge is 0.253 e. The topological polar surface area (TPSA) is 12.9 Å². The SMILES string of the molecule is CCCCC(C)(C)c1cncs1. The van der Waals surface area contributed by atoms with E-state index in [4.69, 9.17) is 0 Å². The molecule has 0 spiro atoms. The van der Waals surface area contributed by atoms with Crippen molar-refractivity contribution in [2.24, 2.45) is 0 Å². The molecule has 0 aliphatic rings. The Hall–Kier alpha value is -0.370. The van der Waals surface area contributed by atoms with Gasteiger partial charge >= 0.3 is 0 Å². The lowest BCUT2D eigenvalue weighted by Crippen LogP contribution is -2.14. The minimum atomic E-state index is 0.331. The van der Waals surface area contributed by atoms with Crippen LogP contribution in [0.25, 0.3) is 0 Å². The number of nitrogens with zero attached hydrogens (tertiary/aromatic N) is 1. The zero-order valence-corrected chi connectivity index (χ0v) is 8.95. The van der Waals surface area contributed by atoms with E-state index in [2.05, 4.69) is 25.8 Å². The second-order valence-corrected chi connectivity index (χ2v) is 4.74. The summed E-state index contributed by atoms with van der Waals surface area (Å²) in [6, 6.07) is 0. The van der Waals surface area contributed by atoms with E-state index in [1.54, 1.807) is 11.3 Å². The van der Waals surface area contributed by atoms with Gasteiger partial charge < -0.3 is 0 Å². The van der Waals surface area contributed by atoms with E-state index in [-0.39, 0.29) is 0 Å². The van der Waals surface area contributed by atoms with Gasteiger partial charge in [0.2, 0.25) is 0 Å². The Morgan fingerprint density at radius 1 is 1.50 bits per heavy atom. The van der Waals surface area contributed by atoms with Gasteiger partial charge in [-0.15, -0.1) is 11.3 Å². The highest BCUT2D eigenvalue weighted by Crippen LogP contribution is 2.31. The van der Waals surface area contributed by atoms with Gasteiger partial charge in [0.1, 0.15) is 0 Å². The van der Waals surface area contributed by atoms with Gasteiger partial charge in [0.15, 0.2) is 0 Å². The van der Waals surface area contributed by atoms with Crippen LogP contribution in [0.5, 0.6) is 0 Å². The number of hydrogen-bond donors (Lipinski definition) is 0. The first-order chi connectivity index (χ1) is 5.67. The maximum absolute atomic E-state index is 4.12. The second-order valence-electron chi connectivity index (χ2n) is 3.85. The lowest BCUT2D eigenvalue weighted by Gasteiger charge is -2.21. The maximum atomic E-state index is 4.12. The highest BCUT2D eigenvalue weighted by atomic mass is 32.1. The van der Waals surface area contributed by atoms with Crippen molar-refractivity contribution < 1.29 is 0 Å². The van der Waals surface area contributed by atoms with E-state index in [0.717, 1.165) is 0 Å². The first-order valence-corrected chi connectivity index (χ1v) is 5.44. The number of unbranched alkanes of at least 4 members (excludes halogenated alkanes) is 1. The van der Waals surface area contributed by atoms with E-state index < -0.39 is 0 Å². The average molecular weight is 183 g/mol. The first-order valence-electron chi connectivity index (χ1n) is 4.56. The molecule has 0 bridgehead atoms. The summed E-state index contributed by atoms with van der Waals surface area (Å²) in [6.07, 6.45) is 5.86. The van der Waals surface area contributed by atoms with E-state index in [1.165, 1.54) is 24.1 Å². The van der Waals surface area contributed by atoms with Gasteiger partial charge in [-0.1, -0.05) is 33.6 Å². The van der Waals surface area contributed by atoms with Gasteiger partial charge in [-0.2, -0.15) is 0 Å². The van der Waals surface area contributed by atoms with Crippen molar-refractivity contribution in [2.75, 3.05) is 0 Å². The molecule has 0 fully saturated rings. The van der Waals surface area contributed by atoms with Crippen molar-refractivity contribution in [3.63, 3.8) is 0 Å². The summed E-state index contributed by atoms with van der Waals surface area (Å²) in [5.41, 5.74) is 2.25.